The quantitative estimate of drug-likeness (QED) is 0.795. The van der Waals surface area contributed by atoms with Gasteiger partial charge in [0.15, 0.2) is 0 Å². The van der Waals surface area contributed by atoms with Gasteiger partial charge in [0.1, 0.15) is 6.33 Å². The van der Waals surface area contributed by atoms with Crippen LogP contribution < -0.4 is 5.73 Å². The van der Waals surface area contributed by atoms with Crippen LogP contribution in [0.25, 0.3) is 5.69 Å². The summed E-state index contributed by atoms with van der Waals surface area (Å²) in [5, 5.41) is 10.9. The number of aromatic nitrogens is 4. The average molecular weight is 258 g/mol. The molecule has 1 unspecified atom stereocenters. The van der Waals surface area contributed by atoms with E-state index in [2.05, 4.69) is 20.5 Å². The number of aliphatic imine (C=N–C) groups is 1. The van der Waals surface area contributed by atoms with Crippen LogP contribution in [0.5, 0.6) is 0 Å². The summed E-state index contributed by atoms with van der Waals surface area (Å²) in [6.45, 7) is 1.62. The molecule has 0 saturated carbocycles. The number of tetrazole rings is 1. The molecule has 19 heavy (non-hydrogen) atoms. The van der Waals surface area contributed by atoms with E-state index in [0.717, 1.165) is 0 Å². The highest BCUT2D eigenvalue weighted by Gasteiger charge is 2.43. The molecular weight excluding hydrogens is 248 g/mol. The van der Waals surface area contributed by atoms with Crippen molar-refractivity contribution in [2.45, 2.75) is 12.5 Å². The zero-order chi connectivity index (χ0) is 13.5. The molecule has 1 aromatic heterocycles. The molecule has 8 heteroatoms. The Bertz CT molecular complexity index is 666. The van der Waals surface area contributed by atoms with Crippen LogP contribution in [0.1, 0.15) is 12.5 Å². The lowest BCUT2D eigenvalue weighted by Crippen LogP contribution is -2.32. The lowest BCUT2D eigenvalue weighted by molar-refractivity contribution is -0.130. The van der Waals surface area contributed by atoms with Crippen molar-refractivity contribution in [1.82, 2.24) is 20.2 Å². The summed E-state index contributed by atoms with van der Waals surface area (Å²) in [4.78, 5) is 15.5. The van der Waals surface area contributed by atoms with Crippen molar-refractivity contribution in [2.75, 3.05) is 0 Å². The van der Waals surface area contributed by atoms with E-state index in [9.17, 15) is 4.79 Å². The van der Waals surface area contributed by atoms with Crippen molar-refractivity contribution in [2.24, 2.45) is 10.7 Å². The molecule has 2 N–H and O–H groups in total. The van der Waals surface area contributed by atoms with Crippen LogP contribution in [-0.4, -0.2) is 32.1 Å². The number of rotatable bonds is 2. The fraction of sp³-hybridized carbons (Fsp3) is 0.182. The number of carbonyl (C=O) groups is 1. The van der Waals surface area contributed by atoms with Gasteiger partial charge in [0.2, 0.25) is 5.60 Å². The Hall–Kier alpha value is -2.77. The summed E-state index contributed by atoms with van der Waals surface area (Å²) >= 11 is 0. The smallest absolute Gasteiger partial charge is 0.298 e. The number of nitrogens with two attached hydrogens (primary N) is 1. The van der Waals surface area contributed by atoms with Gasteiger partial charge in [-0.2, -0.15) is 4.99 Å². The predicted octanol–water partition coefficient (Wildman–Crippen LogP) is -0.251. The van der Waals surface area contributed by atoms with E-state index in [-0.39, 0.29) is 6.02 Å². The maximum absolute atomic E-state index is 11.9. The number of benzene rings is 1. The molecule has 1 aliphatic heterocycles. The van der Waals surface area contributed by atoms with E-state index >= 15 is 0 Å². The molecule has 3 rings (SSSR count). The van der Waals surface area contributed by atoms with E-state index in [1.807, 2.05) is 6.07 Å². The van der Waals surface area contributed by atoms with Crippen LogP contribution in [-0.2, 0) is 15.1 Å². The van der Waals surface area contributed by atoms with Crippen LogP contribution in [0.15, 0.2) is 35.6 Å². The van der Waals surface area contributed by atoms with Crippen molar-refractivity contribution in [3.8, 4) is 5.69 Å². The third kappa shape index (κ3) is 1.73. The number of ether oxygens (including phenoxy) is 1. The van der Waals surface area contributed by atoms with Gasteiger partial charge in [-0.1, -0.05) is 12.1 Å². The number of amidine groups is 1. The largest absolute Gasteiger partial charge is 0.444 e. The second-order valence-electron chi connectivity index (χ2n) is 4.20. The van der Waals surface area contributed by atoms with E-state index in [1.165, 1.54) is 11.0 Å². The molecule has 0 aliphatic carbocycles. The van der Waals surface area contributed by atoms with Gasteiger partial charge in [0.25, 0.3) is 11.9 Å². The molecule has 1 atom stereocenters. The van der Waals surface area contributed by atoms with Crippen LogP contribution in [0, 0.1) is 0 Å². The highest BCUT2D eigenvalue weighted by Crippen LogP contribution is 2.31. The van der Waals surface area contributed by atoms with Crippen molar-refractivity contribution in [3.05, 3.63) is 36.2 Å². The first-order valence-corrected chi connectivity index (χ1v) is 5.51. The molecule has 1 aromatic carbocycles. The molecule has 8 nitrogen and oxygen atoms in total. The SMILES string of the molecule is CC1(c2cccc(-n3cnnn3)c2)OC(N)=NC1=O. The molecule has 0 bridgehead atoms. The molecule has 0 fully saturated rings. The van der Waals surface area contributed by atoms with Crippen LogP contribution in [0.2, 0.25) is 0 Å². The summed E-state index contributed by atoms with van der Waals surface area (Å²) < 4.78 is 6.82. The Morgan fingerprint density at radius 1 is 1.42 bits per heavy atom. The first-order valence-electron chi connectivity index (χ1n) is 5.51. The predicted molar refractivity (Wildman–Crippen MR) is 64.2 cm³/mol. The third-order valence-corrected chi connectivity index (χ3v) is 2.94. The zero-order valence-corrected chi connectivity index (χ0v) is 10.0. The minimum absolute atomic E-state index is 0.125. The van der Waals surface area contributed by atoms with E-state index in [4.69, 9.17) is 10.5 Å². The van der Waals surface area contributed by atoms with Gasteiger partial charge in [-0.25, -0.2) is 4.68 Å². The molecule has 0 saturated heterocycles. The fourth-order valence-electron chi connectivity index (χ4n) is 1.89. The van der Waals surface area contributed by atoms with Crippen molar-refractivity contribution in [3.63, 3.8) is 0 Å². The van der Waals surface area contributed by atoms with Crippen LogP contribution in [0.4, 0.5) is 0 Å². The Kier molecular flexibility index (Phi) is 2.31. The number of nitrogens with zero attached hydrogens (tertiary/aromatic N) is 5. The van der Waals surface area contributed by atoms with E-state index in [0.29, 0.717) is 11.3 Å². The van der Waals surface area contributed by atoms with Gasteiger partial charge >= 0.3 is 0 Å². The van der Waals surface area contributed by atoms with Crippen molar-refractivity contribution < 1.29 is 9.53 Å². The summed E-state index contributed by atoms with van der Waals surface area (Å²) in [5.74, 6) is -0.432. The number of carbonyl (C=O) groups excluding carboxylic acids is 1. The highest BCUT2D eigenvalue weighted by molar-refractivity contribution is 6.01. The Labute approximate surface area is 107 Å². The molecule has 2 aromatic rings. The molecule has 0 spiro atoms. The standard InChI is InChI=1S/C11H10N6O2/c1-11(9(18)14-10(12)19-11)7-3-2-4-8(5-7)17-6-13-15-16-17/h2-6H,1H3,(H2,12,14,18). The summed E-state index contributed by atoms with van der Waals surface area (Å²) in [6, 6.07) is 6.98. The van der Waals surface area contributed by atoms with E-state index in [1.54, 1.807) is 25.1 Å². The Balaban J connectivity index is 2.03. The van der Waals surface area contributed by atoms with Gasteiger partial charge in [-0.05, 0) is 29.5 Å². The van der Waals surface area contributed by atoms with Gasteiger partial charge in [-0.15, -0.1) is 5.10 Å². The van der Waals surface area contributed by atoms with Gasteiger partial charge in [0.05, 0.1) is 5.69 Å². The summed E-state index contributed by atoms with van der Waals surface area (Å²) in [5.41, 5.74) is 5.59. The van der Waals surface area contributed by atoms with E-state index < -0.39 is 11.5 Å². The van der Waals surface area contributed by atoms with Crippen molar-refractivity contribution >= 4 is 11.9 Å². The molecule has 1 amide bonds. The van der Waals surface area contributed by atoms with Gasteiger partial charge in [0, 0.05) is 5.56 Å². The normalized spacial score (nSPS) is 22.2. The van der Waals surface area contributed by atoms with Gasteiger partial charge in [-0.3, -0.25) is 4.79 Å². The first kappa shape index (κ1) is 11.3. The fourth-order valence-corrected chi connectivity index (χ4v) is 1.89. The Morgan fingerprint density at radius 3 is 2.89 bits per heavy atom. The van der Waals surface area contributed by atoms with Crippen molar-refractivity contribution in [1.29, 1.82) is 0 Å². The summed E-state index contributed by atoms with van der Waals surface area (Å²) in [6.07, 6.45) is 1.46. The molecular formula is C11H10N6O2. The molecule has 0 radical (unpaired) electrons. The molecule has 1 aliphatic rings. The zero-order valence-electron chi connectivity index (χ0n) is 10.0. The highest BCUT2D eigenvalue weighted by atomic mass is 16.5. The maximum Gasteiger partial charge on any atom is 0.298 e. The van der Waals surface area contributed by atoms with Crippen LogP contribution >= 0.6 is 0 Å². The van der Waals surface area contributed by atoms with Crippen LogP contribution in [0.3, 0.4) is 0 Å². The van der Waals surface area contributed by atoms with Gasteiger partial charge < -0.3 is 10.5 Å². The average Bonchev–Trinajstić information content (AvgIpc) is 2.99. The second kappa shape index (κ2) is 3.87. The number of hydrogen-bond donors (Lipinski definition) is 1. The third-order valence-electron chi connectivity index (χ3n) is 2.94. The summed E-state index contributed by atoms with van der Waals surface area (Å²) in [7, 11) is 0. The maximum atomic E-state index is 11.9. The topological polar surface area (TPSA) is 108 Å². The number of amides is 1. The first-order chi connectivity index (χ1) is 9.09. The second-order valence-corrected chi connectivity index (χ2v) is 4.20. The lowest BCUT2D eigenvalue weighted by Gasteiger charge is -2.21. The minimum atomic E-state index is -1.20. The Morgan fingerprint density at radius 2 is 2.26 bits per heavy atom. The molecule has 2 heterocycles. The lowest BCUT2D eigenvalue weighted by atomic mass is 9.95. The monoisotopic (exact) mass is 258 g/mol. The number of hydrogen-bond acceptors (Lipinski definition) is 6. The molecule has 96 valence electrons. The minimum Gasteiger partial charge on any atom is -0.444 e.